The summed E-state index contributed by atoms with van der Waals surface area (Å²) >= 11 is 0.841. The smallest absolute Gasteiger partial charge is 0.280 e. The van der Waals surface area contributed by atoms with Crippen LogP contribution >= 0.6 is 11.3 Å². The lowest BCUT2D eigenvalue weighted by Gasteiger charge is -2.10. The first-order valence-corrected chi connectivity index (χ1v) is 9.84. The third kappa shape index (κ3) is 3.65. The molecule has 0 saturated heterocycles. The number of hydrogen-bond donors (Lipinski definition) is 2. The van der Waals surface area contributed by atoms with E-state index in [0.29, 0.717) is 22.2 Å². The van der Waals surface area contributed by atoms with E-state index in [1.807, 2.05) is 0 Å². The Balaban J connectivity index is 1.99. The average molecular weight is 445 g/mol. The first kappa shape index (κ1) is 20.6. The number of primary amides is 1. The summed E-state index contributed by atoms with van der Waals surface area (Å²) in [4.78, 5) is 29.0. The molecular formula is C19H17F2N7O2S. The van der Waals surface area contributed by atoms with E-state index < -0.39 is 23.9 Å². The van der Waals surface area contributed by atoms with E-state index in [1.165, 1.54) is 16.8 Å². The molecule has 0 bridgehead atoms. The number of aromatic nitrogens is 5. The molecule has 0 unspecified atom stereocenters. The Bertz CT molecular complexity index is 1340. The summed E-state index contributed by atoms with van der Waals surface area (Å²) in [6, 6.07) is 2.75. The van der Waals surface area contributed by atoms with Crippen molar-refractivity contribution in [3.8, 4) is 11.1 Å². The second kappa shape index (κ2) is 7.54. The Morgan fingerprint density at radius 3 is 2.48 bits per heavy atom. The van der Waals surface area contributed by atoms with Crippen molar-refractivity contribution in [3.05, 3.63) is 46.5 Å². The van der Waals surface area contributed by atoms with Gasteiger partial charge in [0.1, 0.15) is 15.4 Å². The van der Waals surface area contributed by atoms with E-state index >= 15 is 0 Å². The van der Waals surface area contributed by atoms with Gasteiger partial charge in [-0.1, -0.05) is 0 Å². The molecule has 0 aliphatic heterocycles. The maximum Gasteiger partial charge on any atom is 0.280 e. The van der Waals surface area contributed by atoms with Crippen molar-refractivity contribution in [2.45, 2.75) is 13.3 Å². The molecule has 0 aliphatic rings. The minimum atomic E-state index is -2.83. The molecule has 4 heterocycles. The number of amides is 2. The van der Waals surface area contributed by atoms with Crippen molar-refractivity contribution < 1.29 is 18.4 Å². The monoisotopic (exact) mass is 445 g/mol. The molecule has 4 aromatic heterocycles. The molecule has 9 nitrogen and oxygen atoms in total. The van der Waals surface area contributed by atoms with Crippen molar-refractivity contribution in [2.24, 2.45) is 19.8 Å². The van der Waals surface area contributed by atoms with Crippen LogP contribution in [0, 0.1) is 6.92 Å². The number of carbonyl (C=O) groups is 2. The van der Waals surface area contributed by atoms with E-state index in [-0.39, 0.29) is 21.1 Å². The SMILES string of the molecule is Cc1nn(C)cc1-c1cc(C(F)F)nc2sc(C(N)=O)c(NC(=O)c3ccn(C)n3)c12. The first-order chi connectivity index (χ1) is 14.7. The number of fused-ring (bicyclic) bond motifs is 1. The molecule has 0 radical (unpaired) electrons. The maximum absolute atomic E-state index is 13.5. The summed E-state index contributed by atoms with van der Waals surface area (Å²) in [7, 11) is 3.36. The summed E-state index contributed by atoms with van der Waals surface area (Å²) in [6.45, 7) is 1.73. The van der Waals surface area contributed by atoms with Gasteiger partial charge in [-0.05, 0) is 24.6 Å². The zero-order valence-electron chi connectivity index (χ0n) is 16.7. The Morgan fingerprint density at radius 2 is 1.94 bits per heavy atom. The molecule has 2 amide bonds. The van der Waals surface area contributed by atoms with Crippen LogP contribution in [0.25, 0.3) is 21.3 Å². The first-order valence-electron chi connectivity index (χ1n) is 9.02. The predicted molar refractivity (Wildman–Crippen MR) is 111 cm³/mol. The minimum Gasteiger partial charge on any atom is -0.365 e. The van der Waals surface area contributed by atoms with Gasteiger partial charge in [0.25, 0.3) is 18.2 Å². The number of carbonyl (C=O) groups excluding carboxylic acids is 2. The van der Waals surface area contributed by atoms with Crippen molar-refractivity contribution in [1.82, 2.24) is 24.5 Å². The molecule has 0 aliphatic carbocycles. The fraction of sp³-hybridized carbons (Fsp3) is 0.211. The van der Waals surface area contributed by atoms with Crippen LogP contribution in [-0.2, 0) is 14.1 Å². The molecule has 0 atom stereocenters. The standard InChI is InChI=1S/C19H17F2N7O2S/c1-8-10(7-28(3)25-8)9-6-12(16(20)21)23-19-13(9)14(15(31-19)17(22)29)24-18(30)11-4-5-27(2)26-11/h4-7,16H,1-3H3,(H2,22,29)(H,24,30). The number of nitrogens with one attached hydrogen (secondary N) is 1. The van der Waals surface area contributed by atoms with Gasteiger partial charge in [0, 0.05) is 37.4 Å². The normalized spacial score (nSPS) is 11.4. The van der Waals surface area contributed by atoms with Crippen LogP contribution in [0.1, 0.15) is 38.0 Å². The molecule has 3 N–H and O–H groups in total. The van der Waals surface area contributed by atoms with Gasteiger partial charge in [0.05, 0.1) is 11.4 Å². The predicted octanol–water partition coefficient (Wildman–Crippen LogP) is 3.03. The molecule has 0 spiro atoms. The van der Waals surface area contributed by atoms with Crippen LogP contribution < -0.4 is 11.1 Å². The van der Waals surface area contributed by atoms with Gasteiger partial charge in [0.2, 0.25) is 0 Å². The minimum absolute atomic E-state index is 0.000917. The highest BCUT2D eigenvalue weighted by molar-refractivity contribution is 7.21. The topological polar surface area (TPSA) is 121 Å². The average Bonchev–Trinajstić information content (AvgIpc) is 3.38. The van der Waals surface area contributed by atoms with E-state index in [0.717, 1.165) is 11.3 Å². The summed E-state index contributed by atoms with van der Waals surface area (Å²) < 4.78 is 30.1. The van der Waals surface area contributed by atoms with Gasteiger partial charge in [-0.2, -0.15) is 10.2 Å². The molecule has 4 rings (SSSR count). The third-order valence-electron chi connectivity index (χ3n) is 4.62. The van der Waals surface area contributed by atoms with Crippen molar-refractivity contribution >= 4 is 39.1 Å². The van der Waals surface area contributed by atoms with Gasteiger partial charge < -0.3 is 11.1 Å². The van der Waals surface area contributed by atoms with Crippen LogP contribution in [0.3, 0.4) is 0 Å². The summed E-state index contributed by atoms with van der Waals surface area (Å²) in [6.07, 6.45) is 0.438. The highest BCUT2D eigenvalue weighted by Gasteiger charge is 2.26. The van der Waals surface area contributed by atoms with Gasteiger partial charge in [-0.25, -0.2) is 13.8 Å². The number of aryl methyl sites for hydroxylation is 3. The fourth-order valence-electron chi connectivity index (χ4n) is 3.31. The zero-order valence-corrected chi connectivity index (χ0v) is 17.5. The van der Waals surface area contributed by atoms with Crippen molar-refractivity contribution in [2.75, 3.05) is 5.32 Å². The Labute approximate surface area is 178 Å². The van der Waals surface area contributed by atoms with Gasteiger partial charge in [0.15, 0.2) is 5.69 Å². The molecule has 31 heavy (non-hydrogen) atoms. The van der Waals surface area contributed by atoms with E-state index in [1.54, 1.807) is 38.1 Å². The van der Waals surface area contributed by atoms with E-state index in [4.69, 9.17) is 5.73 Å². The molecule has 12 heteroatoms. The molecule has 0 aromatic carbocycles. The Morgan fingerprint density at radius 1 is 1.19 bits per heavy atom. The zero-order chi connectivity index (χ0) is 22.4. The Hall–Kier alpha value is -3.67. The number of nitrogens with two attached hydrogens (primary N) is 1. The van der Waals surface area contributed by atoms with Crippen LogP contribution in [0.15, 0.2) is 24.5 Å². The molecule has 160 valence electrons. The van der Waals surface area contributed by atoms with Crippen LogP contribution in [0.4, 0.5) is 14.5 Å². The van der Waals surface area contributed by atoms with Gasteiger partial charge in [-0.15, -0.1) is 11.3 Å². The fourth-order valence-corrected chi connectivity index (χ4v) is 4.33. The number of hydrogen-bond acceptors (Lipinski definition) is 6. The summed E-state index contributed by atoms with van der Waals surface area (Å²) in [5.74, 6) is -1.39. The van der Waals surface area contributed by atoms with E-state index in [2.05, 4.69) is 20.5 Å². The number of nitrogens with zero attached hydrogens (tertiary/aromatic N) is 5. The lowest BCUT2D eigenvalue weighted by Crippen LogP contribution is -2.17. The Kier molecular flexibility index (Phi) is 5.01. The highest BCUT2D eigenvalue weighted by Crippen LogP contribution is 2.43. The van der Waals surface area contributed by atoms with Gasteiger partial charge >= 0.3 is 0 Å². The molecule has 4 aromatic rings. The quantitative estimate of drug-likeness (QED) is 0.489. The third-order valence-corrected chi connectivity index (χ3v) is 5.72. The summed E-state index contributed by atoms with van der Waals surface area (Å²) in [5, 5.41) is 11.3. The largest absolute Gasteiger partial charge is 0.365 e. The lowest BCUT2D eigenvalue weighted by molar-refractivity contribution is 0.100. The number of thiophene rings is 1. The van der Waals surface area contributed by atoms with Crippen molar-refractivity contribution in [3.63, 3.8) is 0 Å². The molecular weight excluding hydrogens is 428 g/mol. The van der Waals surface area contributed by atoms with Gasteiger partial charge in [-0.3, -0.25) is 19.0 Å². The number of pyridine rings is 1. The second-order valence-electron chi connectivity index (χ2n) is 6.88. The number of rotatable bonds is 5. The summed E-state index contributed by atoms with van der Waals surface area (Å²) in [5.41, 5.74) is 6.82. The number of halogens is 2. The lowest BCUT2D eigenvalue weighted by atomic mass is 10.0. The van der Waals surface area contributed by atoms with Crippen molar-refractivity contribution in [1.29, 1.82) is 0 Å². The molecule has 0 saturated carbocycles. The van der Waals surface area contributed by atoms with Crippen LogP contribution in [-0.4, -0.2) is 36.4 Å². The van der Waals surface area contributed by atoms with E-state index in [9.17, 15) is 18.4 Å². The number of anilines is 1. The maximum atomic E-state index is 13.5. The van der Waals surface area contributed by atoms with Crippen LogP contribution in [0.2, 0.25) is 0 Å². The highest BCUT2D eigenvalue weighted by atomic mass is 32.1. The molecule has 0 fully saturated rings. The van der Waals surface area contributed by atoms with Crippen LogP contribution in [0.5, 0.6) is 0 Å². The number of alkyl halides is 2. The second-order valence-corrected chi connectivity index (χ2v) is 7.88.